The Morgan fingerprint density at radius 3 is 2.36 bits per heavy atom. The van der Waals surface area contributed by atoms with Gasteiger partial charge in [-0.25, -0.2) is 4.98 Å². The zero-order valence-corrected chi connectivity index (χ0v) is 22.5. The Hall–Kier alpha value is -4.40. The van der Waals surface area contributed by atoms with Crippen molar-refractivity contribution in [3.63, 3.8) is 0 Å². The van der Waals surface area contributed by atoms with Gasteiger partial charge >= 0.3 is 0 Å². The normalized spacial score (nSPS) is 15.8. The van der Waals surface area contributed by atoms with Crippen molar-refractivity contribution in [1.29, 1.82) is 5.26 Å². The van der Waals surface area contributed by atoms with E-state index in [1.54, 1.807) is 0 Å². The summed E-state index contributed by atoms with van der Waals surface area (Å²) in [6, 6.07) is 23.0. The molecule has 0 amide bonds. The second-order valence-corrected chi connectivity index (χ2v) is 10.5. The van der Waals surface area contributed by atoms with Crippen molar-refractivity contribution >= 4 is 16.9 Å². The molecule has 0 spiro atoms. The standard InChI is InChI=1S/C34H33N5/c1-25-8-12-30(13-9-25)34-32(39-23-31(16-17-33(39)36-34)29-6-4-3-5-7-29)24-37-18-20-38(21-19-37)26(2)28-14-10-27(22-35)11-15-28/h4,6-17,23H,2-3,5,18-21,24H2,1H3. The zero-order valence-electron chi connectivity index (χ0n) is 22.5. The number of nitriles is 1. The van der Waals surface area contributed by atoms with Gasteiger partial charge in [-0.3, -0.25) is 4.90 Å². The molecule has 0 bridgehead atoms. The van der Waals surface area contributed by atoms with E-state index in [9.17, 15) is 0 Å². The molecule has 3 heterocycles. The number of rotatable bonds is 6. The van der Waals surface area contributed by atoms with Gasteiger partial charge in [0.15, 0.2) is 0 Å². The van der Waals surface area contributed by atoms with Crippen molar-refractivity contribution in [3.8, 4) is 17.3 Å². The summed E-state index contributed by atoms with van der Waals surface area (Å²) in [5, 5.41) is 9.10. The first kappa shape index (κ1) is 24.9. The van der Waals surface area contributed by atoms with E-state index < -0.39 is 0 Å². The van der Waals surface area contributed by atoms with Crippen LogP contribution in [0.5, 0.6) is 0 Å². The van der Waals surface area contributed by atoms with Crippen LogP contribution in [0.1, 0.15) is 40.8 Å². The van der Waals surface area contributed by atoms with Gasteiger partial charge in [-0.2, -0.15) is 5.26 Å². The monoisotopic (exact) mass is 511 g/mol. The smallest absolute Gasteiger partial charge is 0.137 e. The topological polar surface area (TPSA) is 47.6 Å². The molecule has 1 saturated heterocycles. The quantitative estimate of drug-likeness (QED) is 0.289. The maximum absolute atomic E-state index is 9.10. The first-order valence-corrected chi connectivity index (χ1v) is 13.7. The van der Waals surface area contributed by atoms with Crippen molar-refractivity contribution in [2.75, 3.05) is 26.2 Å². The highest BCUT2D eigenvalue weighted by Crippen LogP contribution is 2.29. The minimum absolute atomic E-state index is 0.674. The van der Waals surface area contributed by atoms with E-state index in [1.165, 1.54) is 22.4 Å². The van der Waals surface area contributed by atoms with Gasteiger partial charge in [0.1, 0.15) is 5.65 Å². The van der Waals surface area contributed by atoms with E-state index in [1.807, 2.05) is 24.3 Å². The summed E-state index contributed by atoms with van der Waals surface area (Å²) in [5.41, 5.74) is 11.0. The number of aryl methyl sites for hydroxylation is 1. The predicted octanol–water partition coefficient (Wildman–Crippen LogP) is 6.70. The molecule has 1 aliphatic heterocycles. The molecule has 4 aromatic rings. The molecule has 2 aromatic heterocycles. The van der Waals surface area contributed by atoms with Gasteiger partial charge in [0.2, 0.25) is 0 Å². The average molecular weight is 512 g/mol. The molecule has 1 fully saturated rings. The first-order valence-electron chi connectivity index (χ1n) is 13.7. The number of hydrogen-bond acceptors (Lipinski definition) is 4. The molecule has 0 N–H and O–H groups in total. The highest BCUT2D eigenvalue weighted by molar-refractivity contribution is 5.76. The third-order valence-electron chi connectivity index (χ3n) is 7.85. The largest absolute Gasteiger partial charge is 0.369 e. The van der Waals surface area contributed by atoms with E-state index in [0.717, 1.165) is 73.7 Å². The fourth-order valence-electron chi connectivity index (χ4n) is 5.49. The summed E-state index contributed by atoms with van der Waals surface area (Å²) in [6.45, 7) is 11.0. The van der Waals surface area contributed by atoms with E-state index in [0.29, 0.717) is 5.56 Å². The second kappa shape index (κ2) is 10.8. The number of benzene rings is 2. The Bertz CT molecular complexity index is 1610. The molecule has 5 heteroatoms. The van der Waals surface area contributed by atoms with Crippen LogP contribution in [0.25, 0.3) is 28.2 Å². The summed E-state index contributed by atoms with van der Waals surface area (Å²) in [6.07, 6.45) is 11.3. The fourth-order valence-corrected chi connectivity index (χ4v) is 5.49. The lowest BCUT2D eigenvalue weighted by Gasteiger charge is -2.37. The molecular weight excluding hydrogens is 478 g/mol. The van der Waals surface area contributed by atoms with Crippen molar-refractivity contribution in [3.05, 3.63) is 120 Å². The van der Waals surface area contributed by atoms with Gasteiger partial charge in [0.25, 0.3) is 0 Å². The molecule has 5 nitrogen and oxygen atoms in total. The summed E-state index contributed by atoms with van der Waals surface area (Å²) in [4.78, 5) is 9.99. The molecular formula is C34H33N5. The molecule has 1 aliphatic carbocycles. The Morgan fingerprint density at radius 1 is 0.923 bits per heavy atom. The number of piperazine rings is 1. The predicted molar refractivity (Wildman–Crippen MR) is 159 cm³/mol. The number of nitrogens with zero attached hydrogens (tertiary/aromatic N) is 5. The van der Waals surface area contributed by atoms with Crippen LogP contribution in [-0.4, -0.2) is 45.4 Å². The third-order valence-corrected chi connectivity index (χ3v) is 7.85. The Labute approximate surface area is 230 Å². The third kappa shape index (κ3) is 5.16. The van der Waals surface area contributed by atoms with Crippen LogP contribution >= 0.6 is 0 Å². The van der Waals surface area contributed by atoms with Crippen LogP contribution in [-0.2, 0) is 6.54 Å². The Morgan fingerprint density at radius 2 is 1.67 bits per heavy atom. The zero-order chi connectivity index (χ0) is 26.8. The number of allylic oxidation sites excluding steroid dienone is 4. The Balaban J connectivity index is 1.26. The van der Waals surface area contributed by atoms with Crippen LogP contribution < -0.4 is 0 Å². The van der Waals surface area contributed by atoms with Gasteiger partial charge in [-0.1, -0.05) is 66.8 Å². The molecule has 0 unspecified atom stereocenters. The second-order valence-electron chi connectivity index (χ2n) is 10.5. The number of hydrogen-bond donors (Lipinski definition) is 0. The van der Waals surface area contributed by atoms with Crippen LogP contribution in [0.4, 0.5) is 0 Å². The minimum Gasteiger partial charge on any atom is -0.369 e. The number of fused-ring (bicyclic) bond motifs is 1. The van der Waals surface area contributed by atoms with Gasteiger partial charge in [0.05, 0.1) is 23.0 Å². The van der Waals surface area contributed by atoms with Crippen LogP contribution in [0.3, 0.4) is 0 Å². The summed E-state index contributed by atoms with van der Waals surface area (Å²) >= 11 is 0. The number of pyridine rings is 1. The van der Waals surface area contributed by atoms with Crippen molar-refractivity contribution < 1.29 is 0 Å². The lowest BCUT2D eigenvalue weighted by atomic mass is 10.0. The van der Waals surface area contributed by atoms with E-state index >= 15 is 0 Å². The number of aromatic nitrogens is 2. The molecule has 0 saturated carbocycles. The van der Waals surface area contributed by atoms with Crippen molar-refractivity contribution in [2.45, 2.75) is 26.3 Å². The summed E-state index contributed by atoms with van der Waals surface area (Å²) < 4.78 is 2.30. The maximum atomic E-state index is 9.10. The van der Waals surface area contributed by atoms with Gasteiger partial charge < -0.3 is 9.30 Å². The average Bonchev–Trinajstić information content (AvgIpc) is 3.35. The van der Waals surface area contributed by atoms with E-state index in [2.05, 4.69) is 94.6 Å². The van der Waals surface area contributed by atoms with E-state index in [4.69, 9.17) is 10.2 Å². The van der Waals surface area contributed by atoms with E-state index in [-0.39, 0.29) is 0 Å². The highest BCUT2D eigenvalue weighted by Gasteiger charge is 2.23. The van der Waals surface area contributed by atoms with Crippen LogP contribution in [0.2, 0.25) is 0 Å². The molecule has 39 heavy (non-hydrogen) atoms. The SMILES string of the molecule is C=C(c1ccc(C#N)cc1)N1CCN(Cc2c(-c3ccc(C)cc3)nc3ccc(C4=CCCC=C4)cn23)CC1. The summed E-state index contributed by atoms with van der Waals surface area (Å²) in [7, 11) is 0. The lowest BCUT2D eigenvalue weighted by Crippen LogP contribution is -2.45. The maximum Gasteiger partial charge on any atom is 0.137 e. The molecule has 0 atom stereocenters. The fraction of sp³-hybridized carbons (Fsp3) is 0.235. The molecule has 0 radical (unpaired) electrons. The minimum atomic E-state index is 0.674. The van der Waals surface area contributed by atoms with Gasteiger partial charge in [-0.05, 0) is 60.7 Å². The molecule has 2 aliphatic rings. The van der Waals surface area contributed by atoms with Gasteiger partial charge in [-0.15, -0.1) is 0 Å². The molecule has 194 valence electrons. The van der Waals surface area contributed by atoms with Gasteiger partial charge in [0, 0.05) is 50.2 Å². The lowest BCUT2D eigenvalue weighted by molar-refractivity contribution is 0.167. The first-order chi connectivity index (χ1) is 19.1. The van der Waals surface area contributed by atoms with Crippen molar-refractivity contribution in [1.82, 2.24) is 19.2 Å². The summed E-state index contributed by atoms with van der Waals surface area (Å²) in [5.74, 6) is 0. The molecule has 2 aromatic carbocycles. The van der Waals surface area contributed by atoms with Crippen molar-refractivity contribution in [2.24, 2.45) is 0 Å². The van der Waals surface area contributed by atoms with Crippen LogP contribution in [0, 0.1) is 18.3 Å². The van der Waals surface area contributed by atoms with Crippen LogP contribution in [0.15, 0.2) is 91.7 Å². The highest BCUT2D eigenvalue weighted by atomic mass is 15.3. The Kier molecular flexibility index (Phi) is 6.87. The number of imidazole rings is 1. The molecule has 6 rings (SSSR count).